The van der Waals surface area contributed by atoms with Crippen molar-refractivity contribution >= 4 is 23.4 Å². The second kappa shape index (κ2) is 6.67. The number of alkyl halides is 3. The van der Waals surface area contributed by atoms with Gasteiger partial charge in [-0.1, -0.05) is 0 Å². The number of amides is 1. The van der Waals surface area contributed by atoms with Gasteiger partial charge in [0.25, 0.3) is 5.91 Å². The molecule has 0 saturated heterocycles. The maximum absolute atomic E-state index is 11.9. The minimum absolute atomic E-state index is 0.0423. The van der Waals surface area contributed by atoms with Gasteiger partial charge in [-0.2, -0.15) is 13.2 Å². The lowest BCUT2D eigenvalue weighted by Crippen LogP contribution is -2.27. The molecular formula is C11H14F3N3OS. The van der Waals surface area contributed by atoms with Crippen LogP contribution in [0.2, 0.25) is 0 Å². The summed E-state index contributed by atoms with van der Waals surface area (Å²) in [5.74, 6) is 4.61. The van der Waals surface area contributed by atoms with Crippen molar-refractivity contribution in [1.82, 2.24) is 5.32 Å². The summed E-state index contributed by atoms with van der Waals surface area (Å²) in [4.78, 5) is 11.7. The largest absolute Gasteiger partial charge is 0.441 e. The average molecular weight is 293 g/mol. The zero-order chi connectivity index (χ0) is 14.5. The highest BCUT2D eigenvalue weighted by Gasteiger charge is 2.27. The lowest BCUT2D eigenvalue weighted by molar-refractivity contribution is -0.0327. The van der Waals surface area contributed by atoms with E-state index in [-0.39, 0.29) is 24.1 Å². The van der Waals surface area contributed by atoms with Gasteiger partial charge in [-0.15, -0.1) is 0 Å². The molecule has 0 bridgehead atoms. The fraction of sp³-hybridized carbons (Fsp3) is 0.364. The number of hydrogen-bond acceptors (Lipinski definition) is 4. The van der Waals surface area contributed by atoms with Crippen LogP contribution in [0.1, 0.15) is 15.9 Å². The molecule has 1 amide bonds. The summed E-state index contributed by atoms with van der Waals surface area (Å²) in [5.41, 5.74) is -0.0675. The van der Waals surface area contributed by atoms with Crippen LogP contribution in [0.15, 0.2) is 18.2 Å². The number of nitrogens with two attached hydrogens (primary N) is 1. The molecule has 0 unspecified atom stereocenters. The maximum Gasteiger partial charge on any atom is 0.441 e. The molecule has 8 heteroatoms. The molecule has 4 N–H and O–H groups in total. The Hall–Kier alpha value is -1.41. The molecule has 0 fully saturated rings. The van der Waals surface area contributed by atoms with E-state index in [2.05, 4.69) is 10.7 Å². The number of carbonyl (C=O) groups excluding carboxylic acids is 1. The van der Waals surface area contributed by atoms with E-state index in [0.29, 0.717) is 16.8 Å². The normalized spacial score (nSPS) is 11.2. The molecule has 0 atom stereocenters. The van der Waals surface area contributed by atoms with Gasteiger partial charge >= 0.3 is 5.51 Å². The van der Waals surface area contributed by atoms with Crippen LogP contribution in [-0.4, -0.2) is 23.7 Å². The van der Waals surface area contributed by atoms with E-state index < -0.39 is 11.4 Å². The van der Waals surface area contributed by atoms with Crippen molar-refractivity contribution in [3.05, 3.63) is 29.3 Å². The van der Waals surface area contributed by atoms with Crippen molar-refractivity contribution in [3.8, 4) is 0 Å². The van der Waals surface area contributed by atoms with Crippen LogP contribution in [0, 0.1) is 6.92 Å². The number of nitrogens with one attached hydrogen (secondary N) is 2. The molecule has 19 heavy (non-hydrogen) atoms. The van der Waals surface area contributed by atoms with Crippen molar-refractivity contribution in [1.29, 1.82) is 0 Å². The number of halogens is 3. The SMILES string of the molecule is Cc1cc(NN)ccc1C(=O)NCCSC(F)(F)F. The number of hydrogen-bond donors (Lipinski definition) is 3. The number of nitrogen functional groups attached to an aromatic ring is 1. The first-order valence-corrected chi connectivity index (χ1v) is 6.38. The first-order chi connectivity index (χ1) is 8.83. The predicted octanol–water partition coefficient (Wildman–Crippen LogP) is 2.26. The van der Waals surface area contributed by atoms with Crippen LogP contribution >= 0.6 is 11.8 Å². The van der Waals surface area contributed by atoms with E-state index >= 15 is 0 Å². The summed E-state index contributed by atoms with van der Waals surface area (Å²) in [6.45, 7) is 1.68. The van der Waals surface area contributed by atoms with Crippen LogP contribution in [0.25, 0.3) is 0 Å². The molecule has 0 aromatic heterocycles. The summed E-state index contributed by atoms with van der Waals surface area (Å²) in [6, 6.07) is 4.86. The van der Waals surface area contributed by atoms with Gasteiger partial charge in [-0.05, 0) is 42.4 Å². The number of anilines is 1. The molecule has 106 valence electrons. The molecule has 0 aliphatic carbocycles. The van der Waals surface area contributed by atoms with Crippen LogP contribution in [0.5, 0.6) is 0 Å². The molecule has 0 radical (unpaired) electrons. The van der Waals surface area contributed by atoms with Crippen molar-refractivity contribution in [2.24, 2.45) is 5.84 Å². The standard InChI is InChI=1S/C11H14F3N3OS/c1-7-6-8(17-15)2-3-9(7)10(18)16-4-5-19-11(12,13)14/h2-3,6,17H,4-5,15H2,1H3,(H,16,18). The van der Waals surface area contributed by atoms with Gasteiger partial charge in [-0.25, -0.2) is 0 Å². The fourth-order valence-electron chi connectivity index (χ4n) is 1.43. The zero-order valence-corrected chi connectivity index (χ0v) is 11.0. The molecule has 0 saturated carbocycles. The number of benzene rings is 1. The first kappa shape index (κ1) is 15.6. The van der Waals surface area contributed by atoms with Gasteiger partial charge in [0.15, 0.2) is 0 Å². The van der Waals surface area contributed by atoms with E-state index in [4.69, 9.17) is 5.84 Å². The quantitative estimate of drug-likeness (QED) is 0.442. The molecule has 0 aliphatic heterocycles. The van der Waals surface area contributed by atoms with E-state index in [1.165, 1.54) is 0 Å². The summed E-state index contributed by atoms with van der Waals surface area (Å²) >= 11 is -0.160. The lowest BCUT2D eigenvalue weighted by atomic mass is 10.1. The monoisotopic (exact) mass is 293 g/mol. The van der Waals surface area contributed by atoms with Crippen LogP contribution in [0.4, 0.5) is 18.9 Å². The van der Waals surface area contributed by atoms with Gasteiger partial charge in [0.05, 0.1) is 0 Å². The van der Waals surface area contributed by atoms with Gasteiger partial charge in [-0.3, -0.25) is 10.6 Å². The van der Waals surface area contributed by atoms with E-state index in [1.54, 1.807) is 25.1 Å². The van der Waals surface area contributed by atoms with Crippen LogP contribution in [-0.2, 0) is 0 Å². The van der Waals surface area contributed by atoms with E-state index in [9.17, 15) is 18.0 Å². The molecule has 0 aliphatic rings. The molecule has 1 rings (SSSR count). The minimum atomic E-state index is -4.27. The number of thioether (sulfide) groups is 1. The van der Waals surface area contributed by atoms with Gasteiger partial charge in [0.1, 0.15) is 0 Å². The summed E-state index contributed by atoms with van der Waals surface area (Å²) in [5, 5.41) is 2.44. The Labute approximate surface area is 112 Å². The highest BCUT2D eigenvalue weighted by molar-refractivity contribution is 8.00. The molecule has 0 heterocycles. The number of hydrazine groups is 1. The van der Waals surface area contributed by atoms with Crippen LogP contribution < -0.4 is 16.6 Å². The number of carbonyl (C=O) groups is 1. The van der Waals surface area contributed by atoms with Crippen LogP contribution in [0.3, 0.4) is 0 Å². The third-order valence-corrected chi connectivity index (χ3v) is 3.03. The van der Waals surface area contributed by atoms with Gasteiger partial charge in [0.2, 0.25) is 0 Å². The van der Waals surface area contributed by atoms with Crippen molar-refractivity contribution < 1.29 is 18.0 Å². The Morgan fingerprint density at radius 3 is 2.63 bits per heavy atom. The summed E-state index contributed by atoms with van der Waals surface area (Å²) in [6.07, 6.45) is 0. The molecule has 0 spiro atoms. The summed E-state index contributed by atoms with van der Waals surface area (Å²) < 4.78 is 35.6. The van der Waals surface area contributed by atoms with E-state index in [1.807, 2.05) is 0 Å². The Kier molecular flexibility index (Phi) is 5.49. The first-order valence-electron chi connectivity index (χ1n) is 5.39. The number of aryl methyl sites for hydroxylation is 1. The predicted molar refractivity (Wildman–Crippen MR) is 69.8 cm³/mol. The smallest absolute Gasteiger partial charge is 0.351 e. The second-order valence-corrected chi connectivity index (χ2v) is 4.88. The molecule has 4 nitrogen and oxygen atoms in total. The zero-order valence-electron chi connectivity index (χ0n) is 10.2. The Balaban J connectivity index is 2.50. The molecule has 1 aromatic carbocycles. The Morgan fingerprint density at radius 1 is 1.42 bits per heavy atom. The minimum Gasteiger partial charge on any atom is -0.351 e. The Bertz CT molecular complexity index is 451. The highest BCUT2D eigenvalue weighted by atomic mass is 32.2. The number of rotatable bonds is 5. The Morgan fingerprint density at radius 2 is 2.11 bits per heavy atom. The third kappa shape index (κ3) is 5.39. The molecule has 1 aromatic rings. The average Bonchev–Trinajstić information content (AvgIpc) is 2.33. The molecular weight excluding hydrogens is 279 g/mol. The fourth-order valence-corrected chi connectivity index (χ4v) is 1.87. The second-order valence-electron chi connectivity index (χ2n) is 3.72. The van der Waals surface area contributed by atoms with Crippen molar-refractivity contribution in [2.45, 2.75) is 12.4 Å². The third-order valence-electron chi connectivity index (χ3n) is 2.29. The maximum atomic E-state index is 11.9. The highest BCUT2D eigenvalue weighted by Crippen LogP contribution is 2.29. The van der Waals surface area contributed by atoms with Gasteiger partial charge < -0.3 is 10.7 Å². The lowest BCUT2D eigenvalue weighted by Gasteiger charge is -2.10. The summed E-state index contributed by atoms with van der Waals surface area (Å²) in [7, 11) is 0. The van der Waals surface area contributed by atoms with Crippen molar-refractivity contribution in [2.75, 3.05) is 17.7 Å². The topological polar surface area (TPSA) is 67.1 Å². The van der Waals surface area contributed by atoms with Gasteiger partial charge in [0, 0.05) is 23.5 Å². The van der Waals surface area contributed by atoms with E-state index in [0.717, 1.165) is 0 Å². The van der Waals surface area contributed by atoms with Crippen molar-refractivity contribution in [3.63, 3.8) is 0 Å².